The molecule has 1 rings (SSSR count). The van der Waals surface area contributed by atoms with E-state index < -0.39 is 5.97 Å². The fraction of sp³-hybridized carbons (Fsp3) is 0.222. The highest BCUT2D eigenvalue weighted by Gasteiger charge is 2.08. The van der Waals surface area contributed by atoms with E-state index in [-0.39, 0.29) is 19.0 Å². The van der Waals surface area contributed by atoms with Gasteiger partial charge in [0.1, 0.15) is 6.61 Å². The molecule has 1 aromatic rings. The third kappa shape index (κ3) is 5.79. The lowest BCUT2D eigenvalue weighted by Gasteiger charge is -2.06. The van der Waals surface area contributed by atoms with E-state index in [1.165, 1.54) is 13.2 Å². The van der Waals surface area contributed by atoms with Crippen molar-refractivity contribution >= 4 is 11.9 Å². The van der Waals surface area contributed by atoms with Gasteiger partial charge in [-0.2, -0.15) is 0 Å². The molecule has 0 spiro atoms. The minimum atomic E-state index is -0.406. The van der Waals surface area contributed by atoms with Crippen molar-refractivity contribution in [3.63, 3.8) is 0 Å². The van der Waals surface area contributed by atoms with E-state index in [0.717, 1.165) is 11.1 Å². The van der Waals surface area contributed by atoms with E-state index in [0.29, 0.717) is 5.57 Å². The number of hydrogen-bond donors (Lipinski definition) is 0. The smallest absolute Gasteiger partial charge is 0.338 e. The van der Waals surface area contributed by atoms with Crippen LogP contribution in [0.4, 0.5) is 0 Å². The molecule has 0 aliphatic carbocycles. The van der Waals surface area contributed by atoms with Crippen LogP contribution in [-0.2, 0) is 32.1 Å². The van der Waals surface area contributed by atoms with Gasteiger partial charge in [-0.05, 0) is 24.1 Å². The second-order valence-electron chi connectivity index (χ2n) is 4.50. The van der Waals surface area contributed by atoms with Crippen molar-refractivity contribution in [3.8, 4) is 0 Å². The number of carbonyl (C=O) groups excluding carboxylic acids is 2. The van der Waals surface area contributed by atoms with Crippen LogP contribution in [-0.4, -0.2) is 19.0 Å². The van der Waals surface area contributed by atoms with E-state index in [2.05, 4.69) is 11.3 Å². The lowest BCUT2D eigenvalue weighted by atomic mass is 10.1. The normalized spacial score (nSPS) is 11.3. The van der Waals surface area contributed by atoms with Crippen LogP contribution in [0, 0.1) is 0 Å². The van der Waals surface area contributed by atoms with Gasteiger partial charge < -0.3 is 9.47 Å². The average Bonchev–Trinajstić information content (AvgIpc) is 2.53. The zero-order valence-electron chi connectivity index (χ0n) is 12.9. The summed E-state index contributed by atoms with van der Waals surface area (Å²) in [6, 6.07) is 7.26. The Kier molecular flexibility index (Phi) is 7.40. The Balaban J connectivity index is 2.61. The first kappa shape index (κ1) is 17.4. The first-order valence-electron chi connectivity index (χ1n) is 6.88. The summed E-state index contributed by atoms with van der Waals surface area (Å²) in [7, 11) is 1.36. The number of ether oxygens (including phenoxy) is 2. The fourth-order valence-electron chi connectivity index (χ4n) is 1.72. The average molecular weight is 300 g/mol. The third-order valence-corrected chi connectivity index (χ3v) is 2.85. The highest BCUT2D eigenvalue weighted by Crippen LogP contribution is 2.09. The highest BCUT2D eigenvalue weighted by atomic mass is 16.5. The maximum Gasteiger partial charge on any atom is 0.338 e. The standard InChI is InChI=1S/C18H20O4/c1-4-6-16(7-5-2)18(20)22-13-15-10-8-14(9-11-15)12-17(19)21-3/h4-11H,1,12-13H2,2-3H3/b7-5-,16-6+. The van der Waals surface area contributed by atoms with E-state index >= 15 is 0 Å². The molecule has 0 aliphatic heterocycles. The second-order valence-corrected chi connectivity index (χ2v) is 4.50. The number of methoxy groups -OCH3 is 1. The summed E-state index contributed by atoms with van der Waals surface area (Å²) in [6.45, 7) is 5.56. The molecule has 0 N–H and O–H groups in total. The van der Waals surface area contributed by atoms with Crippen molar-refractivity contribution < 1.29 is 19.1 Å². The van der Waals surface area contributed by atoms with Gasteiger partial charge in [0.2, 0.25) is 0 Å². The minimum absolute atomic E-state index is 0.170. The molecule has 0 atom stereocenters. The van der Waals surface area contributed by atoms with Crippen molar-refractivity contribution in [1.82, 2.24) is 0 Å². The quantitative estimate of drug-likeness (QED) is 0.441. The van der Waals surface area contributed by atoms with Gasteiger partial charge in [-0.15, -0.1) is 0 Å². The molecule has 0 amide bonds. The maximum atomic E-state index is 11.9. The highest BCUT2D eigenvalue weighted by molar-refractivity contribution is 5.91. The fourth-order valence-corrected chi connectivity index (χ4v) is 1.72. The zero-order chi connectivity index (χ0) is 16.4. The molecule has 0 aliphatic rings. The Hall–Kier alpha value is -2.62. The van der Waals surface area contributed by atoms with Crippen molar-refractivity contribution in [2.45, 2.75) is 20.0 Å². The molecule has 0 bridgehead atoms. The first-order chi connectivity index (χ1) is 10.6. The van der Waals surface area contributed by atoms with Crippen LogP contribution < -0.4 is 0 Å². The predicted molar refractivity (Wildman–Crippen MR) is 85.1 cm³/mol. The Morgan fingerprint density at radius 2 is 1.82 bits per heavy atom. The molecule has 0 saturated carbocycles. The number of hydrogen-bond acceptors (Lipinski definition) is 4. The number of esters is 2. The SMILES string of the molecule is C=C/C=C(\C=C/C)C(=O)OCc1ccc(CC(=O)OC)cc1. The van der Waals surface area contributed by atoms with Gasteiger partial charge in [0.15, 0.2) is 0 Å². The third-order valence-electron chi connectivity index (χ3n) is 2.85. The summed E-state index contributed by atoms with van der Waals surface area (Å²) >= 11 is 0. The topological polar surface area (TPSA) is 52.6 Å². The largest absolute Gasteiger partial charge is 0.469 e. The van der Waals surface area contributed by atoms with Gasteiger partial charge in [0.05, 0.1) is 19.1 Å². The lowest BCUT2D eigenvalue weighted by molar-refractivity contribution is -0.140. The summed E-state index contributed by atoms with van der Waals surface area (Å²) in [5.41, 5.74) is 2.14. The number of benzene rings is 1. The summed E-state index contributed by atoms with van der Waals surface area (Å²) in [5.74, 6) is -0.693. The van der Waals surface area contributed by atoms with Crippen molar-refractivity contribution in [1.29, 1.82) is 0 Å². The summed E-state index contributed by atoms with van der Waals surface area (Å²) in [6.07, 6.45) is 6.80. The van der Waals surface area contributed by atoms with Crippen LogP contribution in [0.5, 0.6) is 0 Å². The minimum Gasteiger partial charge on any atom is -0.469 e. The Morgan fingerprint density at radius 3 is 2.36 bits per heavy atom. The predicted octanol–water partition coefficient (Wildman–Crippen LogP) is 3.13. The second kappa shape index (κ2) is 9.34. The molecule has 4 heteroatoms. The van der Waals surface area contributed by atoms with Crippen molar-refractivity contribution in [3.05, 3.63) is 71.8 Å². The van der Waals surface area contributed by atoms with Crippen LogP contribution in [0.2, 0.25) is 0 Å². The molecule has 0 aromatic heterocycles. The van der Waals surface area contributed by atoms with Gasteiger partial charge >= 0.3 is 11.9 Å². The van der Waals surface area contributed by atoms with Crippen molar-refractivity contribution in [2.24, 2.45) is 0 Å². The molecule has 116 valence electrons. The van der Waals surface area contributed by atoms with Gasteiger partial charge in [-0.1, -0.05) is 49.1 Å². The molecule has 0 fully saturated rings. The van der Waals surface area contributed by atoms with Gasteiger partial charge in [0, 0.05) is 0 Å². The van der Waals surface area contributed by atoms with Crippen LogP contribution in [0.1, 0.15) is 18.1 Å². The Labute approximate surface area is 130 Å². The van der Waals surface area contributed by atoms with Gasteiger partial charge in [0.25, 0.3) is 0 Å². The van der Waals surface area contributed by atoms with E-state index in [9.17, 15) is 9.59 Å². The van der Waals surface area contributed by atoms with E-state index in [1.54, 1.807) is 18.2 Å². The molecule has 4 nitrogen and oxygen atoms in total. The molecule has 0 unspecified atom stereocenters. The summed E-state index contributed by atoms with van der Waals surface area (Å²) in [5, 5.41) is 0. The van der Waals surface area contributed by atoms with Gasteiger partial charge in [-0.3, -0.25) is 4.79 Å². The van der Waals surface area contributed by atoms with Crippen LogP contribution >= 0.6 is 0 Å². The Bertz CT molecular complexity index is 580. The van der Waals surface area contributed by atoms with Crippen LogP contribution in [0.3, 0.4) is 0 Å². The maximum absolute atomic E-state index is 11.9. The molecule has 0 radical (unpaired) electrons. The first-order valence-corrected chi connectivity index (χ1v) is 6.88. The molecule has 22 heavy (non-hydrogen) atoms. The molecule has 0 saturated heterocycles. The monoisotopic (exact) mass is 300 g/mol. The van der Waals surface area contributed by atoms with Crippen molar-refractivity contribution in [2.75, 3.05) is 7.11 Å². The number of allylic oxidation sites excluding steroid dienone is 3. The van der Waals surface area contributed by atoms with Crippen LogP contribution in [0.15, 0.2) is 60.7 Å². The van der Waals surface area contributed by atoms with E-state index in [1.807, 2.05) is 31.2 Å². The summed E-state index contributed by atoms with van der Waals surface area (Å²) in [4.78, 5) is 23.1. The van der Waals surface area contributed by atoms with Gasteiger partial charge in [-0.25, -0.2) is 4.79 Å². The molecular weight excluding hydrogens is 280 g/mol. The summed E-state index contributed by atoms with van der Waals surface area (Å²) < 4.78 is 9.85. The van der Waals surface area contributed by atoms with Crippen LogP contribution in [0.25, 0.3) is 0 Å². The van der Waals surface area contributed by atoms with E-state index in [4.69, 9.17) is 4.74 Å². The molecule has 1 aromatic carbocycles. The number of carbonyl (C=O) groups is 2. The number of rotatable bonds is 7. The Morgan fingerprint density at radius 1 is 1.18 bits per heavy atom. The zero-order valence-corrected chi connectivity index (χ0v) is 12.9. The molecular formula is C18H20O4. The lowest BCUT2D eigenvalue weighted by Crippen LogP contribution is -2.07. The molecule has 0 heterocycles.